The standard InChI is InChI=1S/C17H21ClFN5O8/c18-15-22-11(20)9-12(23-15)24(7-21-9)17(19)6-31-8(10(17)26)5-32-16(13(27)28,14(29)30)3-1-2-4-25/h7-8,10,25-26H,1-6H2,(H,27,28)(H,29,30)(H2,20,22,23)/t8-,10-,17+/m1/s1. The topological polar surface area (TPSA) is 203 Å². The highest BCUT2D eigenvalue weighted by Crippen LogP contribution is 2.37. The molecule has 1 fully saturated rings. The van der Waals surface area contributed by atoms with Crippen LogP contribution in [0, 0.1) is 0 Å². The van der Waals surface area contributed by atoms with Crippen molar-refractivity contribution in [2.24, 2.45) is 0 Å². The van der Waals surface area contributed by atoms with Crippen LogP contribution < -0.4 is 5.73 Å². The van der Waals surface area contributed by atoms with Crippen LogP contribution in [-0.2, 0) is 24.9 Å². The first kappa shape index (κ1) is 24.0. The fourth-order valence-electron chi connectivity index (χ4n) is 3.41. The second-order valence-electron chi connectivity index (χ2n) is 7.21. The van der Waals surface area contributed by atoms with Crippen LogP contribution in [0.3, 0.4) is 0 Å². The lowest BCUT2D eigenvalue weighted by Gasteiger charge is -2.28. The number of anilines is 1. The van der Waals surface area contributed by atoms with E-state index < -0.39 is 55.2 Å². The Bertz CT molecular complexity index is 1010. The zero-order valence-electron chi connectivity index (χ0n) is 16.5. The van der Waals surface area contributed by atoms with Crippen LogP contribution in [0.4, 0.5) is 10.2 Å². The van der Waals surface area contributed by atoms with E-state index in [0.29, 0.717) is 0 Å². The van der Waals surface area contributed by atoms with E-state index in [1.165, 1.54) is 0 Å². The average Bonchev–Trinajstić information content (AvgIpc) is 3.27. The normalized spacial score (nSPS) is 23.6. The van der Waals surface area contributed by atoms with Crippen molar-refractivity contribution in [3.8, 4) is 0 Å². The van der Waals surface area contributed by atoms with Crippen LogP contribution in [0.1, 0.15) is 19.3 Å². The van der Waals surface area contributed by atoms with Gasteiger partial charge in [-0.3, -0.25) is 4.57 Å². The summed E-state index contributed by atoms with van der Waals surface area (Å²) in [5.41, 5.74) is 2.98. The lowest BCUT2D eigenvalue weighted by Crippen LogP contribution is -2.51. The smallest absolute Gasteiger partial charge is 0.347 e. The van der Waals surface area contributed by atoms with E-state index in [1.54, 1.807) is 0 Å². The van der Waals surface area contributed by atoms with Gasteiger partial charge >= 0.3 is 11.9 Å². The number of fused-ring (bicyclic) bond motifs is 1. The summed E-state index contributed by atoms with van der Waals surface area (Å²) in [5, 5.41) is 38.1. The third kappa shape index (κ3) is 4.06. The molecule has 13 nitrogen and oxygen atoms in total. The number of aliphatic hydroxyl groups is 2. The number of imidazole rings is 1. The number of aliphatic hydroxyl groups excluding tert-OH is 2. The minimum absolute atomic E-state index is 0.0398. The lowest BCUT2D eigenvalue weighted by molar-refractivity contribution is -0.190. The number of hydrogen-bond acceptors (Lipinski definition) is 10. The summed E-state index contributed by atoms with van der Waals surface area (Å²) < 4.78 is 27.1. The molecule has 176 valence electrons. The zero-order valence-corrected chi connectivity index (χ0v) is 17.3. The quantitative estimate of drug-likeness (QED) is 0.167. The second kappa shape index (κ2) is 9.07. The molecule has 6 N–H and O–H groups in total. The Hall–Kier alpha value is -2.65. The second-order valence-corrected chi connectivity index (χ2v) is 7.54. The largest absolute Gasteiger partial charge is 0.479 e. The van der Waals surface area contributed by atoms with Crippen LogP contribution in [0.25, 0.3) is 11.2 Å². The first-order valence-corrected chi connectivity index (χ1v) is 9.81. The molecule has 32 heavy (non-hydrogen) atoms. The van der Waals surface area contributed by atoms with Gasteiger partial charge in [-0.1, -0.05) is 0 Å². The van der Waals surface area contributed by atoms with E-state index in [4.69, 9.17) is 31.9 Å². The molecule has 0 unspecified atom stereocenters. The van der Waals surface area contributed by atoms with Crippen molar-refractivity contribution in [2.45, 2.75) is 42.9 Å². The summed E-state index contributed by atoms with van der Waals surface area (Å²) in [4.78, 5) is 34.9. The third-order valence-electron chi connectivity index (χ3n) is 5.22. The van der Waals surface area contributed by atoms with E-state index in [9.17, 15) is 24.9 Å². The Balaban J connectivity index is 1.82. The fraction of sp³-hybridized carbons (Fsp3) is 0.588. The van der Waals surface area contributed by atoms with Crippen molar-refractivity contribution in [2.75, 3.05) is 25.6 Å². The monoisotopic (exact) mass is 477 g/mol. The maximum Gasteiger partial charge on any atom is 0.347 e. The van der Waals surface area contributed by atoms with Gasteiger partial charge in [0.05, 0.1) is 12.9 Å². The molecule has 3 rings (SSSR count). The molecule has 2 aromatic heterocycles. The molecule has 0 aromatic carbocycles. The number of alkyl halides is 1. The molecule has 15 heteroatoms. The molecule has 0 spiro atoms. The minimum atomic E-state index is -2.66. The van der Waals surface area contributed by atoms with Gasteiger partial charge in [0, 0.05) is 6.61 Å². The van der Waals surface area contributed by atoms with Crippen molar-refractivity contribution < 1.29 is 43.9 Å². The van der Waals surface area contributed by atoms with E-state index in [-0.39, 0.29) is 41.7 Å². The van der Waals surface area contributed by atoms with Crippen molar-refractivity contribution in [1.29, 1.82) is 0 Å². The molecule has 3 atom stereocenters. The van der Waals surface area contributed by atoms with Gasteiger partial charge in [-0.15, -0.1) is 0 Å². The van der Waals surface area contributed by atoms with Crippen LogP contribution in [-0.4, -0.2) is 89.5 Å². The van der Waals surface area contributed by atoms with E-state index >= 15 is 4.39 Å². The van der Waals surface area contributed by atoms with E-state index in [0.717, 1.165) is 10.9 Å². The number of nitrogens with zero attached hydrogens (tertiary/aromatic N) is 4. The molecule has 0 saturated carbocycles. The van der Waals surface area contributed by atoms with E-state index in [2.05, 4.69) is 15.0 Å². The third-order valence-corrected chi connectivity index (χ3v) is 5.39. The SMILES string of the molecule is Nc1nc(Cl)nc2c1ncn2[C@@]1(F)CO[C@H](COC(CCCCO)(C(=O)O)C(=O)O)[C@H]1O. The Morgan fingerprint density at radius 3 is 2.69 bits per heavy atom. The molecule has 3 heterocycles. The summed E-state index contributed by atoms with van der Waals surface area (Å²) in [6, 6.07) is 0. The zero-order chi connectivity index (χ0) is 23.7. The highest BCUT2D eigenvalue weighted by molar-refractivity contribution is 6.28. The Labute approximate surface area is 184 Å². The van der Waals surface area contributed by atoms with Gasteiger partial charge in [0.1, 0.15) is 24.3 Å². The van der Waals surface area contributed by atoms with Gasteiger partial charge in [0.2, 0.25) is 11.1 Å². The fourth-order valence-corrected chi connectivity index (χ4v) is 3.59. The van der Waals surface area contributed by atoms with Crippen molar-refractivity contribution in [1.82, 2.24) is 19.5 Å². The molecule has 2 aromatic rings. The van der Waals surface area contributed by atoms with Crippen LogP contribution >= 0.6 is 11.6 Å². The number of carboxylic acids is 2. The summed E-state index contributed by atoms with van der Waals surface area (Å²) >= 11 is 5.77. The maximum absolute atomic E-state index is 15.8. The van der Waals surface area contributed by atoms with Crippen molar-refractivity contribution in [3.63, 3.8) is 0 Å². The van der Waals surface area contributed by atoms with Gasteiger partial charge in [0.25, 0.3) is 5.60 Å². The van der Waals surface area contributed by atoms with Gasteiger partial charge in [-0.25, -0.2) is 19.0 Å². The Morgan fingerprint density at radius 1 is 1.38 bits per heavy atom. The number of hydrogen-bond donors (Lipinski definition) is 5. The minimum Gasteiger partial charge on any atom is -0.479 e. The molecule has 0 bridgehead atoms. The first-order valence-electron chi connectivity index (χ1n) is 9.43. The number of halogens is 2. The predicted octanol–water partition coefficient (Wildman–Crippen LogP) is -0.469. The molecule has 0 amide bonds. The highest BCUT2D eigenvalue weighted by atomic mass is 35.5. The van der Waals surface area contributed by atoms with Gasteiger partial charge in [-0.05, 0) is 30.9 Å². The number of ether oxygens (including phenoxy) is 2. The van der Waals surface area contributed by atoms with Crippen LogP contribution in [0.5, 0.6) is 0 Å². The molecule has 1 aliphatic heterocycles. The first-order chi connectivity index (χ1) is 15.1. The maximum atomic E-state index is 15.8. The molecule has 0 radical (unpaired) electrons. The number of unbranched alkanes of at least 4 members (excludes halogenated alkanes) is 1. The lowest BCUT2D eigenvalue weighted by atomic mass is 9.96. The van der Waals surface area contributed by atoms with Gasteiger partial charge in [0.15, 0.2) is 11.5 Å². The van der Waals surface area contributed by atoms with Crippen molar-refractivity contribution in [3.05, 3.63) is 11.6 Å². The van der Waals surface area contributed by atoms with Crippen LogP contribution in [0.15, 0.2) is 6.33 Å². The van der Waals surface area contributed by atoms with Crippen molar-refractivity contribution >= 4 is 40.5 Å². The highest BCUT2D eigenvalue weighted by Gasteiger charge is 2.55. The summed E-state index contributed by atoms with van der Waals surface area (Å²) in [7, 11) is 0. The molecule has 1 saturated heterocycles. The summed E-state index contributed by atoms with van der Waals surface area (Å²) in [5.74, 6) is -6.27. The van der Waals surface area contributed by atoms with E-state index in [1.807, 2.05) is 0 Å². The Morgan fingerprint density at radius 2 is 2.06 bits per heavy atom. The molecular formula is C17H21ClFN5O8. The number of nitrogen functional groups attached to an aromatic ring is 1. The number of aromatic nitrogens is 4. The average molecular weight is 478 g/mol. The number of carboxylic acid groups (broad SMARTS) is 2. The number of carbonyl (C=O) groups is 2. The molecule has 1 aliphatic rings. The molecule has 0 aliphatic carbocycles. The van der Waals surface area contributed by atoms with Gasteiger partial charge < -0.3 is 35.6 Å². The number of aliphatic carboxylic acids is 2. The Kier molecular flexibility index (Phi) is 6.80. The molecular weight excluding hydrogens is 457 g/mol. The summed E-state index contributed by atoms with van der Waals surface area (Å²) in [6.07, 6.45) is -2.56. The number of nitrogens with two attached hydrogens (primary N) is 1. The van der Waals surface area contributed by atoms with Gasteiger partial charge in [-0.2, -0.15) is 9.97 Å². The predicted molar refractivity (Wildman–Crippen MR) is 104 cm³/mol. The summed E-state index contributed by atoms with van der Waals surface area (Å²) in [6.45, 7) is -1.71. The van der Waals surface area contributed by atoms with Crippen LogP contribution in [0.2, 0.25) is 5.28 Å². The number of rotatable bonds is 10.